The highest BCUT2D eigenvalue weighted by Gasteiger charge is 2.37. The van der Waals surface area contributed by atoms with E-state index in [1.165, 1.54) is 77.0 Å². The van der Waals surface area contributed by atoms with Crippen molar-refractivity contribution in [2.75, 3.05) is 0 Å². The van der Waals surface area contributed by atoms with Crippen molar-refractivity contribution >= 4 is 11.6 Å². The van der Waals surface area contributed by atoms with E-state index in [0.717, 1.165) is 61.5 Å². The van der Waals surface area contributed by atoms with Crippen LogP contribution in [0.2, 0.25) is 0 Å². The quantitative estimate of drug-likeness (QED) is 0.166. The lowest BCUT2D eigenvalue weighted by Gasteiger charge is -2.38. The molecule has 0 unspecified atom stereocenters. The van der Waals surface area contributed by atoms with E-state index in [4.69, 9.17) is 11.6 Å². The summed E-state index contributed by atoms with van der Waals surface area (Å²) < 4.78 is 55.1. The second kappa shape index (κ2) is 13.4. The lowest BCUT2D eigenvalue weighted by molar-refractivity contribution is 0.0857. The Balaban J connectivity index is 1.15. The summed E-state index contributed by atoms with van der Waals surface area (Å²) in [6, 6.07) is 2.14. The molecule has 0 N–H and O–H groups in total. The number of rotatable bonds is 9. The monoisotopic (exact) mass is 540 g/mol. The number of benzene rings is 1. The highest BCUT2D eigenvalue weighted by Crippen LogP contribution is 2.46. The molecule has 5 heteroatoms. The van der Waals surface area contributed by atoms with Gasteiger partial charge in [0.25, 0.3) is 0 Å². The topological polar surface area (TPSA) is 0 Å². The first-order chi connectivity index (χ1) is 17.7. The molecule has 0 radical (unpaired) electrons. The van der Waals surface area contributed by atoms with Crippen LogP contribution >= 0.6 is 11.6 Å². The van der Waals surface area contributed by atoms with Crippen LogP contribution in [-0.4, -0.2) is 0 Å². The summed E-state index contributed by atoms with van der Waals surface area (Å²) in [5.74, 6) is 1.81. The Morgan fingerprint density at radius 1 is 0.730 bits per heavy atom. The molecule has 1 aromatic rings. The van der Waals surface area contributed by atoms with Crippen LogP contribution in [0.15, 0.2) is 24.3 Å². The van der Waals surface area contributed by atoms with Gasteiger partial charge in [-0.25, -0.2) is 8.78 Å². The second-order valence-electron chi connectivity index (χ2n) is 12.4. The third-order valence-electron chi connectivity index (χ3n) is 10.1. The molecule has 0 heterocycles. The van der Waals surface area contributed by atoms with E-state index in [9.17, 15) is 17.6 Å². The largest absolute Gasteiger partial charge is 0.353 e. The van der Waals surface area contributed by atoms with Gasteiger partial charge in [0.05, 0.1) is 0 Å². The van der Waals surface area contributed by atoms with Crippen LogP contribution in [0.3, 0.4) is 0 Å². The summed E-state index contributed by atoms with van der Waals surface area (Å²) in [7, 11) is 0. The minimum Gasteiger partial charge on any atom is -0.206 e. The average molecular weight is 541 g/mol. The van der Waals surface area contributed by atoms with Gasteiger partial charge in [0.15, 0.2) is 0 Å². The second-order valence-corrected chi connectivity index (χ2v) is 12.8. The molecular weight excluding hydrogens is 496 g/mol. The summed E-state index contributed by atoms with van der Waals surface area (Å²) >= 11 is 4.89. The lowest BCUT2D eigenvalue weighted by Crippen LogP contribution is -2.26. The van der Waals surface area contributed by atoms with E-state index < -0.39 is 22.6 Å². The zero-order valence-electron chi connectivity index (χ0n) is 22.5. The molecule has 0 atom stereocenters. The van der Waals surface area contributed by atoms with Crippen LogP contribution in [0, 0.1) is 41.2 Å². The van der Waals surface area contributed by atoms with Gasteiger partial charge in [-0.3, -0.25) is 0 Å². The first-order valence-electron chi connectivity index (χ1n) is 14.9. The van der Waals surface area contributed by atoms with Crippen LogP contribution in [0.1, 0.15) is 127 Å². The highest BCUT2D eigenvalue weighted by atomic mass is 35.5. The van der Waals surface area contributed by atoms with Crippen molar-refractivity contribution < 1.29 is 17.6 Å². The average Bonchev–Trinajstić information content (AvgIpc) is 2.87. The maximum absolute atomic E-state index is 14.2. The smallest absolute Gasteiger partial charge is 0.206 e. The van der Waals surface area contributed by atoms with Crippen molar-refractivity contribution in [2.24, 2.45) is 29.6 Å². The van der Waals surface area contributed by atoms with Gasteiger partial charge in [0, 0.05) is 0 Å². The van der Waals surface area contributed by atoms with E-state index in [1.54, 1.807) is 0 Å². The lowest BCUT2D eigenvalue weighted by atomic mass is 9.67. The molecule has 3 saturated carbocycles. The fourth-order valence-corrected chi connectivity index (χ4v) is 7.93. The zero-order chi connectivity index (χ0) is 26.4. The summed E-state index contributed by atoms with van der Waals surface area (Å²) in [4.78, 5) is 0. The van der Waals surface area contributed by atoms with E-state index in [2.05, 4.69) is 19.1 Å². The normalized spacial score (nSPS) is 31.6. The van der Waals surface area contributed by atoms with Gasteiger partial charge in [-0.2, -0.15) is 8.78 Å². The van der Waals surface area contributed by atoms with Crippen LogP contribution in [0.25, 0.3) is 0 Å². The molecule has 0 amide bonds. The summed E-state index contributed by atoms with van der Waals surface area (Å²) in [6.07, 6.45) is 24.9. The molecule has 0 saturated heterocycles. The minimum absolute atomic E-state index is 0.0350. The molecule has 0 nitrogen and oxygen atoms in total. The molecule has 3 aliphatic carbocycles. The molecule has 208 valence electrons. The van der Waals surface area contributed by atoms with Gasteiger partial charge in [-0.05, 0) is 123 Å². The molecule has 1 aromatic carbocycles. The molecule has 4 rings (SSSR count). The van der Waals surface area contributed by atoms with E-state index in [0.29, 0.717) is 11.5 Å². The number of alkyl halides is 3. The predicted molar refractivity (Wildman–Crippen MR) is 145 cm³/mol. The Labute approximate surface area is 226 Å². The van der Waals surface area contributed by atoms with Crippen molar-refractivity contribution in [3.63, 3.8) is 0 Å². The van der Waals surface area contributed by atoms with Gasteiger partial charge >= 0.3 is 5.38 Å². The van der Waals surface area contributed by atoms with Crippen molar-refractivity contribution in [3.05, 3.63) is 47.0 Å². The molecule has 3 aliphatic rings. The standard InChI is InChI=1S/C32H45ClF4/c1-2-3-4-5-22-6-8-23(9-7-22)10-11-24-12-14-25(15-13-24)26-16-18-27(19-17-26)28-20-29(34)31(30(35)21-28)32(33,36)37/h2-3,20-27H,4-19H2,1H3/b3-2+. The fraction of sp³-hybridized carbons (Fsp3) is 0.750. The van der Waals surface area contributed by atoms with Gasteiger partial charge < -0.3 is 0 Å². The molecule has 37 heavy (non-hydrogen) atoms. The predicted octanol–water partition coefficient (Wildman–Crippen LogP) is 11.3. The zero-order valence-corrected chi connectivity index (χ0v) is 23.2. The Morgan fingerprint density at radius 3 is 1.62 bits per heavy atom. The first kappa shape index (κ1) is 29.0. The minimum atomic E-state index is -4.03. The Kier molecular flexibility index (Phi) is 10.5. The molecule has 0 bridgehead atoms. The van der Waals surface area contributed by atoms with Crippen LogP contribution < -0.4 is 0 Å². The first-order valence-corrected chi connectivity index (χ1v) is 15.3. The van der Waals surface area contributed by atoms with Gasteiger partial charge in [-0.15, -0.1) is 0 Å². The third-order valence-corrected chi connectivity index (χ3v) is 10.3. The molecule has 0 spiro atoms. The molecule has 3 fully saturated rings. The van der Waals surface area contributed by atoms with Crippen molar-refractivity contribution in [1.29, 1.82) is 0 Å². The molecule has 0 aromatic heterocycles. The molecular formula is C32H45ClF4. The summed E-state index contributed by atoms with van der Waals surface area (Å²) in [5.41, 5.74) is -0.843. The fourth-order valence-electron chi connectivity index (χ4n) is 7.75. The van der Waals surface area contributed by atoms with Gasteiger partial charge in [-0.1, -0.05) is 63.5 Å². The maximum Gasteiger partial charge on any atom is 0.353 e. The van der Waals surface area contributed by atoms with Crippen molar-refractivity contribution in [3.8, 4) is 0 Å². The Morgan fingerprint density at radius 2 is 1.16 bits per heavy atom. The number of hydrogen-bond acceptors (Lipinski definition) is 0. The van der Waals surface area contributed by atoms with Crippen LogP contribution in [0.4, 0.5) is 17.6 Å². The summed E-state index contributed by atoms with van der Waals surface area (Å²) in [6.45, 7) is 2.11. The van der Waals surface area contributed by atoms with E-state index in [-0.39, 0.29) is 5.92 Å². The third kappa shape index (κ3) is 7.99. The van der Waals surface area contributed by atoms with Crippen molar-refractivity contribution in [2.45, 2.75) is 121 Å². The van der Waals surface area contributed by atoms with E-state index >= 15 is 0 Å². The van der Waals surface area contributed by atoms with Crippen LogP contribution in [-0.2, 0) is 5.38 Å². The van der Waals surface area contributed by atoms with Gasteiger partial charge in [0.2, 0.25) is 0 Å². The highest BCUT2D eigenvalue weighted by molar-refractivity contribution is 6.21. The van der Waals surface area contributed by atoms with Crippen LogP contribution in [0.5, 0.6) is 0 Å². The Bertz CT molecular complexity index is 844. The number of halogens is 5. The number of allylic oxidation sites excluding steroid dienone is 2. The van der Waals surface area contributed by atoms with E-state index in [1.807, 2.05) is 0 Å². The SMILES string of the molecule is C/C=C/CCC1CCC(CCC2CCC(C3CCC(c4cc(F)c(C(F)(F)Cl)c(F)c4)CC3)CC2)CC1. The summed E-state index contributed by atoms with van der Waals surface area (Å²) in [5, 5.41) is -4.03. The van der Waals surface area contributed by atoms with Crippen molar-refractivity contribution in [1.82, 2.24) is 0 Å². The molecule has 0 aliphatic heterocycles. The Hall–Kier alpha value is -1.03. The number of hydrogen-bond donors (Lipinski definition) is 0. The van der Waals surface area contributed by atoms with Gasteiger partial charge in [0.1, 0.15) is 17.2 Å². The maximum atomic E-state index is 14.2.